The third-order valence-electron chi connectivity index (χ3n) is 4.62. The summed E-state index contributed by atoms with van der Waals surface area (Å²) in [5.74, 6) is 0.00294. The largest absolute Gasteiger partial charge is 0.495 e. The van der Waals surface area contributed by atoms with E-state index in [4.69, 9.17) is 0 Å². The van der Waals surface area contributed by atoms with E-state index in [1.807, 2.05) is 42.5 Å². The van der Waals surface area contributed by atoms with E-state index in [1.165, 1.54) is 11.3 Å². The number of hydrogen-bond donors (Lipinski definition) is 1. The number of benzene rings is 2. The van der Waals surface area contributed by atoms with Crippen LogP contribution in [-0.2, 0) is 28.6 Å². The predicted molar refractivity (Wildman–Crippen MR) is 105 cm³/mol. The SMILES string of the molecule is CN1\C(=C/C=N/N=C(\O)Cc2ccccc2)C(C)(C)c2ccccc21.[Co]. The van der Waals surface area contributed by atoms with Gasteiger partial charge in [-0.2, -0.15) is 5.10 Å². The molecule has 1 aliphatic rings. The Balaban J connectivity index is 0.00000243. The van der Waals surface area contributed by atoms with Crippen molar-refractivity contribution in [1.82, 2.24) is 0 Å². The van der Waals surface area contributed by atoms with Crippen LogP contribution in [0.4, 0.5) is 5.69 Å². The second kappa shape index (κ2) is 8.34. The number of para-hydroxylation sites is 1. The topological polar surface area (TPSA) is 48.2 Å². The van der Waals surface area contributed by atoms with Crippen molar-refractivity contribution >= 4 is 17.8 Å². The van der Waals surface area contributed by atoms with Gasteiger partial charge in [-0.15, -0.1) is 5.10 Å². The van der Waals surface area contributed by atoms with Gasteiger partial charge in [-0.3, -0.25) is 0 Å². The van der Waals surface area contributed by atoms with E-state index in [2.05, 4.69) is 54.2 Å². The summed E-state index contributed by atoms with van der Waals surface area (Å²) in [6, 6.07) is 18.1. The molecule has 4 nitrogen and oxygen atoms in total. The normalized spacial score (nSPS) is 17.4. The first-order valence-electron chi connectivity index (χ1n) is 8.37. The molecule has 1 heterocycles. The van der Waals surface area contributed by atoms with Crippen molar-refractivity contribution in [2.24, 2.45) is 10.2 Å². The predicted octanol–water partition coefficient (Wildman–Crippen LogP) is 4.48. The average molecular weight is 392 g/mol. The van der Waals surface area contributed by atoms with Crippen LogP contribution in [0.15, 0.2) is 76.6 Å². The molecule has 26 heavy (non-hydrogen) atoms. The minimum atomic E-state index is -0.0901. The Kier molecular flexibility index (Phi) is 6.40. The van der Waals surface area contributed by atoms with Gasteiger partial charge in [0.25, 0.3) is 0 Å². The Bertz CT molecular complexity index is 841. The molecule has 137 valence electrons. The van der Waals surface area contributed by atoms with Crippen molar-refractivity contribution in [3.8, 4) is 0 Å². The van der Waals surface area contributed by atoms with Crippen LogP contribution in [0.5, 0.6) is 0 Å². The molecule has 5 heteroatoms. The summed E-state index contributed by atoms with van der Waals surface area (Å²) in [6.07, 6.45) is 3.98. The van der Waals surface area contributed by atoms with Crippen LogP contribution in [0.3, 0.4) is 0 Å². The van der Waals surface area contributed by atoms with Gasteiger partial charge in [0, 0.05) is 40.6 Å². The Labute approximate surface area is 165 Å². The molecule has 0 unspecified atom stereocenters. The number of allylic oxidation sites excluding steroid dienone is 2. The maximum Gasteiger partial charge on any atom is 0.210 e. The van der Waals surface area contributed by atoms with Gasteiger partial charge in [-0.1, -0.05) is 62.4 Å². The monoisotopic (exact) mass is 392 g/mol. The summed E-state index contributed by atoms with van der Waals surface area (Å²) in [4.78, 5) is 2.18. The molecule has 0 atom stereocenters. The van der Waals surface area contributed by atoms with Crippen molar-refractivity contribution in [2.45, 2.75) is 25.7 Å². The molecule has 0 saturated heterocycles. The fourth-order valence-electron chi connectivity index (χ4n) is 3.32. The smallest absolute Gasteiger partial charge is 0.210 e. The molecule has 0 bridgehead atoms. The first kappa shape index (κ1) is 19.9. The molecule has 0 fully saturated rings. The fraction of sp³-hybridized carbons (Fsp3) is 0.238. The van der Waals surface area contributed by atoms with Gasteiger partial charge in [0.15, 0.2) is 0 Å². The van der Waals surface area contributed by atoms with E-state index in [9.17, 15) is 5.11 Å². The minimum absolute atomic E-state index is 0. The second-order valence-electron chi connectivity index (χ2n) is 6.70. The quantitative estimate of drug-likeness (QED) is 0.474. The molecule has 0 saturated carbocycles. The summed E-state index contributed by atoms with van der Waals surface area (Å²) >= 11 is 0. The van der Waals surface area contributed by atoms with Gasteiger partial charge >= 0.3 is 0 Å². The fourth-order valence-corrected chi connectivity index (χ4v) is 3.32. The molecule has 0 spiro atoms. The van der Waals surface area contributed by atoms with E-state index >= 15 is 0 Å². The number of anilines is 1. The summed E-state index contributed by atoms with van der Waals surface area (Å²) in [5, 5.41) is 17.8. The maximum absolute atomic E-state index is 9.90. The summed E-state index contributed by atoms with van der Waals surface area (Å²) in [5.41, 5.74) is 4.57. The molecular formula is C21H23CoN3O. The van der Waals surface area contributed by atoms with Crippen LogP contribution < -0.4 is 4.90 Å². The molecular weight excluding hydrogens is 369 g/mol. The standard InChI is InChI=1S/C21H23N3O.Co/c1-21(2)17-11-7-8-12-18(17)24(3)19(21)13-14-22-23-20(25)15-16-9-5-4-6-10-16;/h4-14H,15H2,1-3H3,(H,23,25);/b19-13-,22-14+;. The van der Waals surface area contributed by atoms with Crippen LogP contribution in [0, 0.1) is 0 Å². The molecule has 3 rings (SSSR count). The number of aliphatic hydroxyl groups excluding tert-OH is 1. The number of fused-ring (bicyclic) bond motifs is 1. The Morgan fingerprint density at radius 2 is 1.73 bits per heavy atom. The number of rotatable bonds is 4. The first-order chi connectivity index (χ1) is 12.0. The second-order valence-corrected chi connectivity index (χ2v) is 6.70. The van der Waals surface area contributed by atoms with E-state index in [0.717, 1.165) is 11.3 Å². The van der Waals surface area contributed by atoms with E-state index in [0.29, 0.717) is 6.42 Å². The number of likely N-dealkylation sites (N-methyl/N-ethyl adjacent to an activating group) is 1. The van der Waals surface area contributed by atoms with Gasteiger partial charge in [0.05, 0.1) is 12.6 Å². The van der Waals surface area contributed by atoms with Gasteiger partial charge in [-0.25, -0.2) is 0 Å². The van der Waals surface area contributed by atoms with Gasteiger partial charge in [0.1, 0.15) is 0 Å². The van der Waals surface area contributed by atoms with Crippen LogP contribution in [0.25, 0.3) is 0 Å². The minimum Gasteiger partial charge on any atom is -0.495 e. The molecule has 0 aliphatic carbocycles. The van der Waals surface area contributed by atoms with Crippen molar-refractivity contribution < 1.29 is 21.9 Å². The number of nitrogens with zero attached hydrogens (tertiary/aromatic N) is 3. The molecule has 2 aromatic rings. The molecule has 1 radical (unpaired) electrons. The molecule has 0 aromatic heterocycles. The summed E-state index contributed by atoms with van der Waals surface area (Å²) < 4.78 is 0. The molecule has 2 aromatic carbocycles. The Morgan fingerprint density at radius 1 is 1.08 bits per heavy atom. The zero-order chi connectivity index (χ0) is 17.9. The molecule has 0 amide bonds. The maximum atomic E-state index is 9.90. The van der Waals surface area contributed by atoms with Crippen molar-refractivity contribution in [1.29, 1.82) is 0 Å². The van der Waals surface area contributed by atoms with Crippen LogP contribution in [-0.4, -0.2) is 24.3 Å². The van der Waals surface area contributed by atoms with E-state index in [1.54, 1.807) is 6.21 Å². The van der Waals surface area contributed by atoms with Gasteiger partial charge in [0.2, 0.25) is 5.90 Å². The summed E-state index contributed by atoms with van der Waals surface area (Å²) in [6.45, 7) is 4.40. The zero-order valence-corrected chi connectivity index (χ0v) is 16.2. The Hall–Kier alpha value is -2.37. The van der Waals surface area contributed by atoms with Gasteiger partial charge in [-0.05, 0) is 23.3 Å². The van der Waals surface area contributed by atoms with E-state index in [-0.39, 0.29) is 28.1 Å². The summed E-state index contributed by atoms with van der Waals surface area (Å²) in [7, 11) is 2.06. The van der Waals surface area contributed by atoms with Crippen LogP contribution in [0.2, 0.25) is 0 Å². The number of aliphatic hydroxyl groups is 1. The van der Waals surface area contributed by atoms with Crippen LogP contribution >= 0.6 is 0 Å². The van der Waals surface area contributed by atoms with Crippen molar-refractivity contribution in [3.05, 3.63) is 77.5 Å². The van der Waals surface area contributed by atoms with Crippen molar-refractivity contribution in [3.63, 3.8) is 0 Å². The third kappa shape index (κ3) is 4.06. The van der Waals surface area contributed by atoms with E-state index < -0.39 is 0 Å². The first-order valence-corrected chi connectivity index (χ1v) is 8.37. The Morgan fingerprint density at radius 3 is 2.42 bits per heavy atom. The van der Waals surface area contributed by atoms with Crippen LogP contribution in [0.1, 0.15) is 25.0 Å². The average Bonchev–Trinajstić information content (AvgIpc) is 2.80. The van der Waals surface area contributed by atoms with Gasteiger partial charge < -0.3 is 10.0 Å². The zero-order valence-electron chi connectivity index (χ0n) is 15.2. The molecule has 1 aliphatic heterocycles. The number of hydrogen-bond acceptors (Lipinski definition) is 3. The van der Waals surface area contributed by atoms with Crippen molar-refractivity contribution in [2.75, 3.05) is 11.9 Å². The molecule has 1 N–H and O–H groups in total. The third-order valence-corrected chi connectivity index (χ3v) is 4.62.